The molecule has 4 N–H and O–H groups in total. The number of carbonyl (C=O) groups excluding carboxylic acids is 1. The topological polar surface area (TPSA) is 89.3 Å². The van der Waals surface area contributed by atoms with E-state index in [-0.39, 0.29) is 23.2 Å². The molecule has 0 aliphatic carbocycles. The average Bonchev–Trinajstić information content (AvgIpc) is 3.11. The molecule has 1 aromatic heterocycles. The van der Waals surface area contributed by atoms with Crippen LogP contribution in [0.4, 0.5) is 24.5 Å². The quantitative estimate of drug-likeness (QED) is 0.674. The SMILES string of the molecule is CC(NC(=O)C1(N)CCOC1)c1ccc(Nc2ccc(Cl)cc2C(F)(F)F)cn1. The average molecular weight is 429 g/mol. The Hall–Kier alpha value is -2.36. The van der Waals surface area contributed by atoms with Crippen LogP contribution in [0.3, 0.4) is 0 Å². The van der Waals surface area contributed by atoms with Gasteiger partial charge >= 0.3 is 6.18 Å². The van der Waals surface area contributed by atoms with E-state index in [0.717, 1.165) is 6.07 Å². The zero-order valence-electron chi connectivity index (χ0n) is 15.5. The van der Waals surface area contributed by atoms with Gasteiger partial charge in [-0.3, -0.25) is 9.78 Å². The van der Waals surface area contributed by atoms with Crippen molar-refractivity contribution in [2.24, 2.45) is 5.73 Å². The zero-order valence-corrected chi connectivity index (χ0v) is 16.3. The first-order chi connectivity index (χ1) is 13.6. The van der Waals surface area contributed by atoms with Crippen LogP contribution in [-0.2, 0) is 15.7 Å². The lowest BCUT2D eigenvalue weighted by molar-refractivity contribution is -0.137. The van der Waals surface area contributed by atoms with E-state index in [1.54, 1.807) is 19.1 Å². The second kappa shape index (κ2) is 8.17. The largest absolute Gasteiger partial charge is 0.418 e. The van der Waals surface area contributed by atoms with Crippen LogP contribution < -0.4 is 16.4 Å². The number of pyridine rings is 1. The first kappa shape index (κ1) is 21.4. The van der Waals surface area contributed by atoms with Crippen molar-refractivity contribution in [3.63, 3.8) is 0 Å². The standard InChI is InChI=1S/C19H20ClF3N4O2/c1-11(26-17(28)18(24)6-7-29-10-18)15-5-3-13(9-25-15)27-16-4-2-12(20)8-14(16)19(21,22)23/h2-5,8-9,11,27H,6-7,10,24H2,1H3,(H,26,28). The van der Waals surface area contributed by atoms with Crippen LogP contribution >= 0.6 is 11.6 Å². The molecule has 2 atom stereocenters. The van der Waals surface area contributed by atoms with E-state index in [9.17, 15) is 18.0 Å². The van der Waals surface area contributed by atoms with Gasteiger partial charge in [0.25, 0.3) is 0 Å². The summed E-state index contributed by atoms with van der Waals surface area (Å²) < 4.78 is 44.8. The van der Waals surface area contributed by atoms with E-state index in [2.05, 4.69) is 15.6 Å². The Kier molecular flexibility index (Phi) is 6.02. The predicted molar refractivity (Wildman–Crippen MR) is 103 cm³/mol. The Balaban J connectivity index is 1.70. The number of nitrogens with two attached hydrogens (primary N) is 1. The summed E-state index contributed by atoms with van der Waals surface area (Å²) >= 11 is 5.69. The number of nitrogens with zero attached hydrogens (tertiary/aromatic N) is 1. The number of amides is 1. The van der Waals surface area contributed by atoms with Gasteiger partial charge in [0.15, 0.2) is 0 Å². The molecule has 0 radical (unpaired) electrons. The van der Waals surface area contributed by atoms with Crippen molar-refractivity contribution in [3.8, 4) is 0 Å². The molecule has 2 aromatic rings. The molecule has 1 aliphatic rings. The summed E-state index contributed by atoms with van der Waals surface area (Å²) in [5.74, 6) is -0.331. The van der Waals surface area contributed by atoms with Gasteiger partial charge in [0.05, 0.1) is 41.5 Å². The molecule has 2 unspecified atom stereocenters. The summed E-state index contributed by atoms with van der Waals surface area (Å²) in [6.07, 6.45) is -2.73. The van der Waals surface area contributed by atoms with Gasteiger partial charge in [-0.2, -0.15) is 13.2 Å². The minimum Gasteiger partial charge on any atom is -0.379 e. The molecule has 29 heavy (non-hydrogen) atoms. The van der Waals surface area contributed by atoms with Crippen molar-refractivity contribution < 1.29 is 22.7 Å². The lowest BCUT2D eigenvalue weighted by Crippen LogP contribution is -2.55. The molecule has 156 valence electrons. The number of rotatable bonds is 5. The molecule has 1 fully saturated rings. The number of benzene rings is 1. The van der Waals surface area contributed by atoms with Gasteiger partial charge in [-0.05, 0) is 43.7 Å². The summed E-state index contributed by atoms with van der Waals surface area (Å²) in [7, 11) is 0. The van der Waals surface area contributed by atoms with E-state index in [1.165, 1.54) is 18.3 Å². The van der Waals surface area contributed by atoms with Crippen LogP contribution in [0.25, 0.3) is 0 Å². The third kappa shape index (κ3) is 4.98. The molecule has 0 bridgehead atoms. The van der Waals surface area contributed by atoms with Crippen LogP contribution in [0.1, 0.15) is 30.6 Å². The summed E-state index contributed by atoms with van der Waals surface area (Å²) in [5.41, 5.74) is 4.87. The minimum atomic E-state index is -4.55. The highest BCUT2D eigenvalue weighted by molar-refractivity contribution is 6.30. The van der Waals surface area contributed by atoms with Crippen LogP contribution in [0.15, 0.2) is 36.5 Å². The summed E-state index contributed by atoms with van der Waals surface area (Å²) in [4.78, 5) is 16.6. The molecular formula is C19H20ClF3N4O2. The van der Waals surface area contributed by atoms with E-state index in [1.807, 2.05) is 0 Å². The van der Waals surface area contributed by atoms with Gasteiger partial charge in [-0.1, -0.05) is 11.6 Å². The first-order valence-electron chi connectivity index (χ1n) is 8.86. The summed E-state index contributed by atoms with van der Waals surface area (Å²) in [6, 6.07) is 6.25. The Morgan fingerprint density at radius 2 is 2.10 bits per heavy atom. The fraction of sp³-hybridized carbons (Fsp3) is 0.368. The third-order valence-corrected chi connectivity index (χ3v) is 4.88. The maximum atomic E-state index is 13.2. The van der Waals surface area contributed by atoms with Crippen molar-refractivity contribution in [1.82, 2.24) is 10.3 Å². The van der Waals surface area contributed by atoms with E-state index in [4.69, 9.17) is 22.1 Å². The molecule has 6 nitrogen and oxygen atoms in total. The number of nitrogens with one attached hydrogen (secondary N) is 2. The molecule has 10 heteroatoms. The fourth-order valence-electron chi connectivity index (χ4n) is 2.93. The maximum absolute atomic E-state index is 13.2. The molecule has 1 aromatic carbocycles. The van der Waals surface area contributed by atoms with Crippen molar-refractivity contribution in [3.05, 3.63) is 52.8 Å². The number of aromatic nitrogens is 1. The highest BCUT2D eigenvalue weighted by atomic mass is 35.5. The lowest BCUT2D eigenvalue weighted by Gasteiger charge is -2.23. The summed E-state index contributed by atoms with van der Waals surface area (Å²) in [6.45, 7) is 2.33. The van der Waals surface area contributed by atoms with Crippen molar-refractivity contribution in [2.45, 2.75) is 31.1 Å². The van der Waals surface area contributed by atoms with Crippen molar-refractivity contribution in [1.29, 1.82) is 0 Å². The number of hydrogen-bond donors (Lipinski definition) is 3. The number of carbonyl (C=O) groups is 1. The second-order valence-corrected chi connectivity index (χ2v) is 7.37. The normalized spacial score (nSPS) is 20.3. The van der Waals surface area contributed by atoms with Crippen LogP contribution in [0, 0.1) is 0 Å². The molecule has 1 amide bonds. The smallest absolute Gasteiger partial charge is 0.379 e. The van der Waals surface area contributed by atoms with Gasteiger partial charge in [0, 0.05) is 11.6 Å². The Morgan fingerprint density at radius 1 is 1.34 bits per heavy atom. The highest BCUT2D eigenvalue weighted by Crippen LogP contribution is 2.37. The Labute approximate surface area is 170 Å². The number of halogens is 4. The zero-order chi connectivity index (χ0) is 21.2. The van der Waals surface area contributed by atoms with Crippen LogP contribution in [-0.4, -0.2) is 29.6 Å². The molecule has 0 spiro atoms. The van der Waals surface area contributed by atoms with Crippen molar-refractivity contribution in [2.75, 3.05) is 18.5 Å². The first-order valence-corrected chi connectivity index (χ1v) is 9.24. The minimum absolute atomic E-state index is 0.00810. The fourth-order valence-corrected chi connectivity index (χ4v) is 3.10. The molecule has 2 heterocycles. The Bertz CT molecular complexity index is 884. The molecule has 0 saturated carbocycles. The second-order valence-electron chi connectivity index (χ2n) is 6.94. The van der Waals surface area contributed by atoms with Gasteiger partial charge < -0.3 is 21.1 Å². The number of anilines is 2. The van der Waals surface area contributed by atoms with Gasteiger partial charge in [0.2, 0.25) is 5.91 Å². The molecular weight excluding hydrogens is 409 g/mol. The number of hydrogen-bond acceptors (Lipinski definition) is 5. The third-order valence-electron chi connectivity index (χ3n) is 4.65. The molecule has 1 saturated heterocycles. The number of ether oxygens (including phenoxy) is 1. The van der Waals surface area contributed by atoms with Gasteiger partial charge in [-0.25, -0.2) is 0 Å². The lowest BCUT2D eigenvalue weighted by atomic mass is 9.98. The van der Waals surface area contributed by atoms with Crippen molar-refractivity contribution >= 4 is 28.9 Å². The number of alkyl halides is 3. The summed E-state index contributed by atoms with van der Waals surface area (Å²) in [5, 5.41) is 5.48. The maximum Gasteiger partial charge on any atom is 0.418 e. The van der Waals surface area contributed by atoms with E-state index in [0.29, 0.717) is 24.4 Å². The van der Waals surface area contributed by atoms with E-state index >= 15 is 0 Å². The van der Waals surface area contributed by atoms with Crippen LogP contribution in [0.5, 0.6) is 0 Å². The van der Waals surface area contributed by atoms with Crippen LogP contribution in [0.2, 0.25) is 5.02 Å². The molecule has 3 rings (SSSR count). The molecule has 1 aliphatic heterocycles. The van der Waals surface area contributed by atoms with Gasteiger partial charge in [-0.15, -0.1) is 0 Å². The predicted octanol–water partition coefficient (Wildman–Crippen LogP) is 3.79. The van der Waals surface area contributed by atoms with E-state index < -0.39 is 23.3 Å². The van der Waals surface area contributed by atoms with Gasteiger partial charge in [0.1, 0.15) is 5.54 Å². The highest BCUT2D eigenvalue weighted by Gasteiger charge is 2.39. The Morgan fingerprint density at radius 3 is 2.69 bits per heavy atom. The monoisotopic (exact) mass is 428 g/mol.